The molecule has 0 radical (unpaired) electrons. The number of aromatic carboxylic acids is 1. The second kappa shape index (κ2) is 6.94. The van der Waals surface area contributed by atoms with Crippen molar-refractivity contribution in [2.24, 2.45) is 5.92 Å². The first kappa shape index (κ1) is 18.2. The molecule has 138 valence electrons. The number of rotatable bonds is 6. The van der Waals surface area contributed by atoms with Crippen molar-refractivity contribution in [2.75, 3.05) is 0 Å². The number of halogens is 3. The Labute approximate surface area is 149 Å². The highest BCUT2D eigenvalue weighted by Gasteiger charge is 2.46. The lowest BCUT2D eigenvalue weighted by Crippen LogP contribution is -2.25. The Morgan fingerprint density at radius 2 is 2.08 bits per heavy atom. The molecule has 1 amide bonds. The number of carbonyl (C=O) groups excluding carboxylic acids is 1. The molecular formula is C16H13F3N2O4S. The van der Waals surface area contributed by atoms with Crippen molar-refractivity contribution in [3.63, 3.8) is 0 Å². The summed E-state index contributed by atoms with van der Waals surface area (Å²) in [6.45, 7) is 0.0701. The molecule has 3 rings (SSSR count). The van der Waals surface area contributed by atoms with Gasteiger partial charge in [0.1, 0.15) is 10.8 Å². The lowest BCUT2D eigenvalue weighted by molar-refractivity contribution is -0.274. The second-order valence-corrected chi connectivity index (χ2v) is 6.63. The molecule has 1 aliphatic rings. The number of amides is 1. The van der Waals surface area contributed by atoms with Crippen molar-refractivity contribution in [3.05, 3.63) is 45.9 Å². The van der Waals surface area contributed by atoms with Crippen molar-refractivity contribution >= 4 is 23.2 Å². The van der Waals surface area contributed by atoms with Gasteiger partial charge < -0.3 is 15.2 Å². The molecule has 2 N–H and O–H groups in total. The number of carboxylic acids is 1. The third-order valence-electron chi connectivity index (χ3n) is 3.86. The summed E-state index contributed by atoms with van der Waals surface area (Å²) in [4.78, 5) is 26.8. The molecule has 2 aromatic rings. The van der Waals surface area contributed by atoms with Gasteiger partial charge in [0.05, 0.1) is 6.54 Å². The zero-order valence-corrected chi connectivity index (χ0v) is 13.9. The zero-order valence-electron chi connectivity index (χ0n) is 13.1. The first-order chi connectivity index (χ1) is 12.2. The molecule has 10 heteroatoms. The van der Waals surface area contributed by atoms with Gasteiger partial charge in [-0.15, -0.1) is 24.5 Å². The van der Waals surface area contributed by atoms with Crippen LogP contribution in [0.3, 0.4) is 0 Å². The summed E-state index contributed by atoms with van der Waals surface area (Å²) in [6.07, 6.45) is -4.38. The SMILES string of the molecule is O=C(O)c1csc(CNC(=O)[C@@H]2C[C@@H]2c2ccccc2OC(F)(F)F)n1. The number of para-hydroxylation sites is 1. The molecule has 1 fully saturated rings. The minimum Gasteiger partial charge on any atom is -0.476 e. The van der Waals surface area contributed by atoms with Crippen LogP contribution in [0.5, 0.6) is 5.75 Å². The van der Waals surface area contributed by atoms with Gasteiger partial charge in [-0.25, -0.2) is 9.78 Å². The smallest absolute Gasteiger partial charge is 0.476 e. The van der Waals surface area contributed by atoms with Crippen LogP contribution in [0, 0.1) is 5.92 Å². The van der Waals surface area contributed by atoms with Gasteiger partial charge in [-0.2, -0.15) is 0 Å². The molecule has 6 nitrogen and oxygen atoms in total. The minimum atomic E-state index is -4.80. The van der Waals surface area contributed by atoms with Crippen molar-refractivity contribution < 1.29 is 32.6 Å². The summed E-state index contributed by atoms with van der Waals surface area (Å²) in [5, 5.41) is 13.2. The Bertz CT molecular complexity index is 837. The van der Waals surface area contributed by atoms with Crippen LogP contribution in [0.25, 0.3) is 0 Å². The maximum atomic E-state index is 12.5. The predicted molar refractivity (Wildman–Crippen MR) is 84.9 cm³/mol. The monoisotopic (exact) mass is 386 g/mol. The van der Waals surface area contributed by atoms with Crippen molar-refractivity contribution in [1.82, 2.24) is 10.3 Å². The van der Waals surface area contributed by atoms with Crippen LogP contribution in [-0.4, -0.2) is 28.3 Å². The molecular weight excluding hydrogens is 373 g/mol. The number of carboxylic acid groups (broad SMARTS) is 1. The van der Waals surface area contributed by atoms with Gasteiger partial charge in [0.2, 0.25) is 5.91 Å². The van der Waals surface area contributed by atoms with Crippen molar-refractivity contribution in [1.29, 1.82) is 0 Å². The highest BCUT2D eigenvalue weighted by Crippen LogP contribution is 2.51. The predicted octanol–water partition coefficient (Wildman–Crippen LogP) is 3.16. The van der Waals surface area contributed by atoms with Crippen LogP contribution >= 0.6 is 11.3 Å². The van der Waals surface area contributed by atoms with E-state index in [1.807, 2.05) is 0 Å². The lowest BCUT2D eigenvalue weighted by atomic mass is 10.1. The van der Waals surface area contributed by atoms with E-state index in [9.17, 15) is 22.8 Å². The van der Waals surface area contributed by atoms with E-state index in [0.29, 0.717) is 17.0 Å². The van der Waals surface area contributed by atoms with E-state index in [1.54, 1.807) is 6.07 Å². The first-order valence-electron chi connectivity index (χ1n) is 7.54. The van der Waals surface area contributed by atoms with Gasteiger partial charge in [0.25, 0.3) is 0 Å². The highest BCUT2D eigenvalue weighted by molar-refractivity contribution is 7.09. The van der Waals surface area contributed by atoms with Crippen LogP contribution in [0.15, 0.2) is 29.6 Å². The van der Waals surface area contributed by atoms with E-state index in [1.165, 1.54) is 23.6 Å². The summed E-state index contributed by atoms with van der Waals surface area (Å²) in [6, 6.07) is 5.76. The van der Waals surface area contributed by atoms with E-state index in [4.69, 9.17) is 5.11 Å². The molecule has 1 aliphatic carbocycles. The summed E-state index contributed by atoms with van der Waals surface area (Å²) in [5.41, 5.74) is 0.245. The molecule has 0 spiro atoms. The minimum absolute atomic E-state index is 0.0701. The summed E-state index contributed by atoms with van der Waals surface area (Å²) >= 11 is 1.11. The number of benzene rings is 1. The standard InChI is InChI=1S/C16H13F3N2O4S/c17-16(18,19)25-12-4-2-1-3-8(12)9-5-10(9)14(22)20-6-13-21-11(7-26-13)15(23)24/h1-4,7,9-10H,5-6H2,(H,20,22)(H,23,24)/t9-,10-/m1/s1. The van der Waals surface area contributed by atoms with Crippen molar-refractivity contribution in [2.45, 2.75) is 25.2 Å². The van der Waals surface area contributed by atoms with Crippen molar-refractivity contribution in [3.8, 4) is 5.75 Å². The lowest BCUT2D eigenvalue weighted by Gasteiger charge is -2.13. The Morgan fingerprint density at radius 1 is 1.35 bits per heavy atom. The van der Waals surface area contributed by atoms with Gasteiger partial charge >= 0.3 is 12.3 Å². The number of nitrogens with zero attached hydrogens (tertiary/aromatic N) is 1. The van der Waals surface area contributed by atoms with Crippen LogP contribution in [0.2, 0.25) is 0 Å². The average Bonchev–Trinajstić information content (AvgIpc) is 3.20. The molecule has 0 aliphatic heterocycles. The Kier molecular flexibility index (Phi) is 4.86. The third kappa shape index (κ3) is 4.31. The number of hydrogen-bond donors (Lipinski definition) is 2. The molecule has 1 aromatic carbocycles. The topological polar surface area (TPSA) is 88.5 Å². The third-order valence-corrected chi connectivity index (χ3v) is 4.70. The number of carbonyl (C=O) groups is 2. The Balaban J connectivity index is 1.60. The quantitative estimate of drug-likeness (QED) is 0.796. The molecule has 1 aromatic heterocycles. The van der Waals surface area contributed by atoms with E-state index >= 15 is 0 Å². The van der Waals surface area contributed by atoms with Gasteiger partial charge in [0, 0.05) is 11.3 Å². The number of alkyl halides is 3. The fourth-order valence-electron chi connectivity index (χ4n) is 2.62. The van der Waals surface area contributed by atoms with E-state index in [2.05, 4.69) is 15.0 Å². The fraction of sp³-hybridized carbons (Fsp3) is 0.312. The number of ether oxygens (including phenoxy) is 1. The van der Waals surface area contributed by atoms with Crippen LogP contribution in [0.1, 0.15) is 33.4 Å². The first-order valence-corrected chi connectivity index (χ1v) is 8.42. The second-order valence-electron chi connectivity index (χ2n) is 5.68. The molecule has 0 bridgehead atoms. The van der Waals surface area contributed by atoms with E-state index < -0.39 is 18.2 Å². The van der Waals surface area contributed by atoms with Crippen LogP contribution in [0.4, 0.5) is 13.2 Å². The van der Waals surface area contributed by atoms with Gasteiger partial charge in [-0.3, -0.25) is 4.79 Å². The van der Waals surface area contributed by atoms with Gasteiger partial charge in [0.15, 0.2) is 5.69 Å². The number of hydrogen-bond acceptors (Lipinski definition) is 5. The van der Waals surface area contributed by atoms with Gasteiger partial charge in [-0.05, 0) is 24.0 Å². The zero-order chi connectivity index (χ0) is 18.9. The Hall–Kier alpha value is -2.62. The highest BCUT2D eigenvalue weighted by atomic mass is 32.1. The maximum absolute atomic E-state index is 12.5. The maximum Gasteiger partial charge on any atom is 0.573 e. The Morgan fingerprint density at radius 3 is 2.73 bits per heavy atom. The summed E-state index contributed by atoms with van der Waals surface area (Å²) in [7, 11) is 0. The normalized spacial score (nSPS) is 19.0. The number of thiazole rings is 1. The summed E-state index contributed by atoms with van der Waals surface area (Å²) < 4.78 is 41.5. The molecule has 0 unspecified atom stereocenters. The van der Waals surface area contributed by atoms with Crippen LogP contribution in [-0.2, 0) is 11.3 Å². The average molecular weight is 386 g/mol. The summed E-state index contributed by atoms with van der Waals surface area (Å²) in [5.74, 6) is -2.57. The van der Waals surface area contributed by atoms with Crippen LogP contribution < -0.4 is 10.1 Å². The molecule has 1 heterocycles. The molecule has 26 heavy (non-hydrogen) atoms. The fourth-order valence-corrected chi connectivity index (χ4v) is 3.32. The largest absolute Gasteiger partial charge is 0.573 e. The number of nitrogens with one attached hydrogen (secondary N) is 1. The van der Waals surface area contributed by atoms with E-state index in [-0.39, 0.29) is 29.8 Å². The molecule has 2 atom stereocenters. The van der Waals surface area contributed by atoms with Gasteiger partial charge in [-0.1, -0.05) is 18.2 Å². The number of aromatic nitrogens is 1. The molecule has 1 saturated carbocycles. The van der Waals surface area contributed by atoms with E-state index in [0.717, 1.165) is 11.3 Å². The molecule has 0 saturated heterocycles.